The number of nitrogens with one attached hydrogen (secondary N) is 1. The molecule has 3 heterocycles. The Labute approximate surface area is 281 Å². The number of piperazine rings is 1. The fraction of sp³-hybridized carbons (Fsp3) is 0.412. The van der Waals surface area contributed by atoms with Gasteiger partial charge in [-0.2, -0.15) is 5.21 Å². The summed E-state index contributed by atoms with van der Waals surface area (Å²) in [6.45, 7) is 4.55. The topological polar surface area (TPSA) is 163 Å². The molecule has 2 aromatic heterocycles. The van der Waals surface area contributed by atoms with E-state index in [9.17, 15) is 9.59 Å². The van der Waals surface area contributed by atoms with Crippen molar-refractivity contribution in [2.75, 3.05) is 49.6 Å². The smallest absolute Gasteiger partial charge is 0.240 e. The number of nitrogens with two attached hydrogens (primary N) is 2. The van der Waals surface area contributed by atoms with Crippen molar-refractivity contribution < 1.29 is 9.59 Å². The molecule has 0 radical (unpaired) electrons. The van der Waals surface area contributed by atoms with Gasteiger partial charge >= 0.3 is 0 Å². The van der Waals surface area contributed by atoms with E-state index in [0.29, 0.717) is 24.0 Å². The Morgan fingerprint density at radius 1 is 0.936 bits per heavy atom. The highest BCUT2D eigenvalue weighted by molar-refractivity contribution is 6.01. The number of hydrogen-bond donors (Lipinski definition) is 3. The Bertz CT molecular complexity index is 1600. The number of tetrazole rings is 1. The summed E-state index contributed by atoms with van der Waals surface area (Å²) < 4.78 is 0. The number of carbonyl (C=O) groups excluding carboxylic acids is 2. The van der Waals surface area contributed by atoms with Crippen LogP contribution in [-0.2, 0) is 16.0 Å². The first-order valence-electron chi connectivity index (χ1n) is 16.0. The number of benzene rings is 2. The maximum atomic E-state index is 14.2. The molecule has 13 heteroatoms. The van der Waals surface area contributed by atoms with Crippen molar-refractivity contribution >= 4 is 35.7 Å². The van der Waals surface area contributed by atoms with E-state index in [4.69, 9.17) is 11.5 Å². The SMILES string of the molecule is CN1CCN(c2cc(-c3ccc(C[C@@H](C(N)=O)N(C(=O)C4CCC(CN)CC4)c4ccc(-c5nn[nH]n5)cc4)cc3)ccn2)CC1.Cl. The van der Waals surface area contributed by atoms with E-state index < -0.39 is 11.9 Å². The standard InChI is InChI=1S/C34H42N10O2.ClH/c1-42-16-18-43(19-17-42)31-21-28(14-15-37-31)25-6-2-23(3-7-25)20-30(32(36)45)44(34(46)27-8-4-24(22-35)5-9-27)29-12-10-26(11-13-29)33-38-40-41-39-33;/h2-3,6-7,10-15,21,24,27,30H,4-5,8-9,16-20,22,35H2,1H3,(H2,36,45)(H,38,39,40,41);1H/t24?,27?,30-;/m0./s1. The lowest BCUT2D eigenvalue weighted by Crippen LogP contribution is -2.52. The number of pyridine rings is 1. The quantitative estimate of drug-likeness (QED) is 0.232. The number of carbonyl (C=O) groups is 2. The van der Waals surface area contributed by atoms with E-state index in [-0.39, 0.29) is 30.7 Å². The average molecular weight is 659 g/mol. The van der Waals surface area contributed by atoms with Crippen molar-refractivity contribution in [2.45, 2.75) is 38.1 Å². The Morgan fingerprint density at radius 3 is 2.23 bits per heavy atom. The van der Waals surface area contributed by atoms with Gasteiger partial charge in [-0.05, 0) is 103 Å². The number of anilines is 2. The third-order valence-electron chi connectivity index (χ3n) is 9.44. The Morgan fingerprint density at radius 2 is 1.62 bits per heavy atom. The van der Waals surface area contributed by atoms with Gasteiger partial charge in [-0.25, -0.2) is 4.98 Å². The molecule has 6 rings (SSSR count). The molecule has 0 spiro atoms. The Balaban J connectivity index is 0.00000433. The Kier molecular flexibility index (Phi) is 11.2. The van der Waals surface area contributed by atoms with Crippen molar-refractivity contribution in [3.63, 3.8) is 0 Å². The van der Waals surface area contributed by atoms with Crippen LogP contribution >= 0.6 is 12.4 Å². The van der Waals surface area contributed by atoms with Gasteiger partial charge in [0.15, 0.2) is 0 Å². The second kappa shape index (κ2) is 15.5. The molecule has 4 aromatic rings. The molecule has 1 saturated carbocycles. The lowest BCUT2D eigenvalue weighted by molar-refractivity contribution is -0.127. The van der Waals surface area contributed by atoms with E-state index in [1.165, 1.54) is 0 Å². The van der Waals surface area contributed by atoms with Gasteiger partial charge in [-0.1, -0.05) is 24.3 Å². The molecular weight excluding hydrogens is 616 g/mol. The molecule has 47 heavy (non-hydrogen) atoms. The maximum Gasteiger partial charge on any atom is 0.240 e. The van der Waals surface area contributed by atoms with Crippen molar-refractivity contribution in [2.24, 2.45) is 23.3 Å². The van der Waals surface area contributed by atoms with Crippen LogP contribution < -0.4 is 21.3 Å². The molecule has 1 aliphatic carbocycles. The van der Waals surface area contributed by atoms with Crippen LogP contribution in [0.15, 0.2) is 66.9 Å². The zero-order chi connectivity index (χ0) is 32.0. The molecule has 5 N–H and O–H groups in total. The zero-order valence-corrected chi connectivity index (χ0v) is 27.5. The first kappa shape index (κ1) is 34.0. The van der Waals surface area contributed by atoms with Crippen LogP contribution in [0.3, 0.4) is 0 Å². The number of halogens is 1. The van der Waals surface area contributed by atoms with Crippen molar-refractivity contribution in [1.82, 2.24) is 30.5 Å². The van der Waals surface area contributed by atoms with Crippen LogP contribution in [0, 0.1) is 11.8 Å². The Hall–Kier alpha value is -4.39. The fourth-order valence-corrected chi connectivity index (χ4v) is 6.54. The summed E-state index contributed by atoms with van der Waals surface area (Å²) in [5, 5.41) is 14.2. The second-order valence-corrected chi connectivity index (χ2v) is 12.5. The molecule has 12 nitrogen and oxygen atoms in total. The number of amides is 2. The highest BCUT2D eigenvalue weighted by Gasteiger charge is 2.36. The first-order chi connectivity index (χ1) is 22.4. The van der Waals surface area contributed by atoms with Gasteiger partial charge in [0.1, 0.15) is 11.9 Å². The highest BCUT2D eigenvalue weighted by Crippen LogP contribution is 2.33. The van der Waals surface area contributed by atoms with E-state index in [2.05, 4.69) is 60.7 Å². The summed E-state index contributed by atoms with van der Waals surface area (Å²) in [6, 6.07) is 18.7. The molecule has 2 fully saturated rings. The number of rotatable bonds is 10. The number of likely N-dealkylation sites (N-methyl/N-ethyl adjacent to an activating group) is 1. The third-order valence-corrected chi connectivity index (χ3v) is 9.44. The normalized spacial score (nSPS) is 19.1. The molecule has 2 aromatic carbocycles. The predicted octanol–water partition coefficient (Wildman–Crippen LogP) is 3.30. The van der Waals surface area contributed by atoms with Gasteiger partial charge < -0.3 is 21.3 Å². The van der Waals surface area contributed by atoms with Crippen LogP contribution in [0.1, 0.15) is 31.2 Å². The maximum absolute atomic E-state index is 14.2. The molecule has 2 aliphatic rings. The summed E-state index contributed by atoms with van der Waals surface area (Å²) in [5.74, 6) is 1.00. The molecule has 1 atom stereocenters. The lowest BCUT2D eigenvalue weighted by Gasteiger charge is -2.35. The van der Waals surface area contributed by atoms with Crippen molar-refractivity contribution in [3.8, 4) is 22.5 Å². The number of aromatic amines is 1. The zero-order valence-electron chi connectivity index (χ0n) is 26.7. The van der Waals surface area contributed by atoms with Gasteiger partial charge in [0.2, 0.25) is 17.6 Å². The van der Waals surface area contributed by atoms with E-state index in [0.717, 1.165) is 79.9 Å². The first-order valence-corrected chi connectivity index (χ1v) is 16.0. The summed E-state index contributed by atoms with van der Waals surface area (Å²) in [6.07, 6.45) is 5.40. The summed E-state index contributed by atoms with van der Waals surface area (Å²) in [4.78, 5) is 38.2. The largest absolute Gasteiger partial charge is 0.368 e. The fourth-order valence-electron chi connectivity index (χ4n) is 6.54. The van der Waals surface area contributed by atoms with Crippen LogP contribution in [-0.4, -0.2) is 88.1 Å². The number of nitrogens with zero attached hydrogens (tertiary/aromatic N) is 7. The van der Waals surface area contributed by atoms with Crippen molar-refractivity contribution in [3.05, 3.63) is 72.4 Å². The van der Waals surface area contributed by atoms with Gasteiger partial charge in [0.05, 0.1) is 0 Å². The van der Waals surface area contributed by atoms with Gasteiger partial charge in [0.25, 0.3) is 0 Å². The predicted molar refractivity (Wildman–Crippen MR) is 185 cm³/mol. The van der Waals surface area contributed by atoms with E-state index >= 15 is 0 Å². The van der Waals surface area contributed by atoms with Crippen molar-refractivity contribution in [1.29, 1.82) is 0 Å². The lowest BCUT2D eigenvalue weighted by atomic mass is 9.81. The molecule has 248 valence electrons. The molecule has 1 aliphatic heterocycles. The second-order valence-electron chi connectivity index (χ2n) is 12.5. The van der Waals surface area contributed by atoms with Crippen LogP contribution in [0.4, 0.5) is 11.5 Å². The minimum Gasteiger partial charge on any atom is -0.368 e. The van der Waals surface area contributed by atoms with Gasteiger partial charge in [-0.3, -0.25) is 14.5 Å². The van der Waals surface area contributed by atoms with E-state index in [1.54, 1.807) is 4.90 Å². The number of H-pyrrole nitrogens is 1. The third kappa shape index (κ3) is 7.95. The summed E-state index contributed by atoms with van der Waals surface area (Å²) >= 11 is 0. The van der Waals surface area contributed by atoms with Gasteiger partial charge in [-0.15, -0.1) is 22.6 Å². The van der Waals surface area contributed by atoms with E-state index in [1.807, 2.05) is 48.7 Å². The summed E-state index contributed by atoms with van der Waals surface area (Å²) in [5.41, 5.74) is 16.4. The molecule has 2 amide bonds. The highest BCUT2D eigenvalue weighted by atomic mass is 35.5. The summed E-state index contributed by atoms with van der Waals surface area (Å²) in [7, 11) is 2.14. The number of primary amides is 1. The minimum absolute atomic E-state index is 0. The van der Waals surface area contributed by atoms with Crippen LogP contribution in [0.25, 0.3) is 22.5 Å². The monoisotopic (exact) mass is 658 g/mol. The number of aromatic nitrogens is 5. The molecular formula is C34H43ClN10O2. The minimum atomic E-state index is -0.869. The number of hydrogen-bond acceptors (Lipinski definition) is 9. The molecule has 0 unspecified atom stereocenters. The molecule has 0 bridgehead atoms. The molecule has 1 saturated heterocycles. The van der Waals surface area contributed by atoms with Crippen LogP contribution in [0.2, 0.25) is 0 Å². The van der Waals surface area contributed by atoms with Crippen LogP contribution in [0.5, 0.6) is 0 Å². The van der Waals surface area contributed by atoms with Gasteiger partial charge in [0, 0.05) is 56.0 Å². The average Bonchev–Trinajstić information content (AvgIpc) is 3.64.